The average Bonchev–Trinajstić information content (AvgIpc) is 2.44. The Hall–Kier alpha value is -1.75. The number of nitrogens with zero attached hydrogens (tertiary/aromatic N) is 1. The minimum atomic E-state index is 0.0523. The van der Waals surface area contributed by atoms with Crippen molar-refractivity contribution in [2.24, 2.45) is 10.9 Å². The van der Waals surface area contributed by atoms with Crippen molar-refractivity contribution < 1.29 is 9.94 Å². The van der Waals surface area contributed by atoms with Gasteiger partial charge in [-0.15, -0.1) is 0 Å². The summed E-state index contributed by atoms with van der Waals surface area (Å²) in [6.45, 7) is 7.27. The highest BCUT2D eigenvalue weighted by Gasteiger charge is 2.16. The molecule has 112 valence electrons. The number of nitrogens with two attached hydrogens (primary N) is 1. The SMILES string of the molecule is CCCC(C)(C)NCc1ccc(OC)c(/C(N)=N/O)c1. The van der Waals surface area contributed by atoms with Crippen molar-refractivity contribution in [3.63, 3.8) is 0 Å². The Morgan fingerprint density at radius 1 is 1.45 bits per heavy atom. The van der Waals surface area contributed by atoms with Crippen LogP contribution in [0, 0.1) is 0 Å². The summed E-state index contributed by atoms with van der Waals surface area (Å²) in [7, 11) is 1.56. The van der Waals surface area contributed by atoms with Crippen LogP contribution in [0.3, 0.4) is 0 Å². The third-order valence-electron chi connectivity index (χ3n) is 3.29. The van der Waals surface area contributed by atoms with Gasteiger partial charge in [-0.2, -0.15) is 0 Å². The number of nitrogens with one attached hydrogen (secondary N) is 1. The second kappa shape index (κ2) is 7.14. The van der Waals surface area contributed by atoms with E-state index in [0.29, 0.717) is 11.3 Å². The van der Waals surface area contributed by atoms with E-state index < -0.39 is 0 Å². The molecule has 0 bridgehead atoms. The summed E-state index contributed by atoms with van der Waals surface area (Å²) in [5.74, 6) is 0.647. The Labute approximate surface area is 120 Å². The molecule has 5 nitrogen and oxygen atoms in total. The zero-order valence-corrected chi connectivity index (χ0v) is 12.7. The fourth-order valence-electron chi connectivity index (χ4n) is 2.17. The van der Waals surface area contributed by atoms with Gasteiger partial charge in [-0.1, -0.05) is 24.6 Å². The maximum atomic E-state index is 8.82. The summed E-state index contributed by atoms with van der Waals surface area (Å²) in [5.41, 5.74) is 7.42. The number of benzene rings is 1. The molecule has 0 radical (unpaired) electrons. The Morgan fingerprint density at radius 3 is 2.70 bits per heavy atom. The Kier molecular flexibility index (Phi) is 5.82. The van der Waals surface area contributed by atoms with Crippen LogP contribution in [-0.4, -0.2) is 23.7 Å². The number of hydrogen-bond donors (Lipinski definition) is 3. The molecular weight excluding hydrogens is 254 g/mol. The minimum absolute atomic E-state index is 0.0523. The maximum Gasteiger partial charge on any atom is 0.173 e. The monoisotopic (exact) mass is 279 g/mol. The summed E-state index contributed by atoms with van der Waals surface area (Å²) in [6, 6.07) is 5.68. The molecule has 0 aliphatic heterocycles. The molecule has 0 aromatic heterocycles. The van der Waals surface area contributed by atoms with Gasteiger partial charge in [0, 0.05) is 12.1 Å². The number of methoxy groups -OCH3 is 1. The van der Waals surface area contributed by atoms with E-state index in [1.165, 1.54) is 0 Å². The molecule has 0 heterocycles. The number of rotatable bonds is 7. The van der Waals surface area contributed by atoms with Gasteiger partial charge in [0.15, 0.2) is 5.84 Å². The molecule has 0 aliphatic rings. The molecule has 1 rings (SSSR count). The van der Waals surface area contributed by atoms with Crippen LogP contribution in [0.4, 0.5) is 0 Å². The standard InChI is InChI=1S/C15H25N3O2/c1-5-8-15(2,3)17-10-11-6-7-13(20-4)12(9-11)14(16)18-19/h6-7,9,17,19H,5,8,10H2,1-4H3,(H2,16,18). The molecular formula is C15H25N3O2. The quantitative estimate of drug-likeness (QED) is 0.310. The van der Waals surface area contributed by atoms with Gasteiger partial charge in [-0.25, -0.2) is 0 Å². The van der Waals surface area contributed by atoms with Crippen LogP contribution < -0.4 is 15.8 Å². The summed E-state index contributed by atoms with van der Waals surface area (Å²) in [5, 5.41) is 15.4. The lowest BCUT2D eigenvalue weighted by atomic mass is 9.98. The molecule has 1 aromatic rings. The predicted octanol–water partition coefficient (Wildman–Crippen LogP) is 2.46. The van der Waals surface area contributed by atoms with Crippen LogP contribution >= 0.6 is 0 Å². The van der Waals surface area contributed by atoms with Gasteiger partial charge >= 0.3 is 0 Å². The summed E-state index contributed by atoms with van der Waals surface area (Å²) in [6.07, 6.45) is 2.24. The van der Waals surface area contributed by atoms with Crippen molar-refractivity contribution in [2.75, 3.05) is 7.11 Å². The van der Waals surface area contributed by atoms with E-state index in [1.54, 1.807) is 7.11 Å². The van der Waals surface area contributed by atoms with Crippen molar-refractivity contribution in [3.8, 4) is 5.75 Å². The highest BCUT2D eigenvalue weighted by Crippen LogP contribution is 2.20. The largest absolute Gasteiger partial charge is 0.496 e. The van der Waals surface area contributed by atoms with Gasteiger partial charge in [0.1, 0.15) is 5.75 Å². The van der Waals surface area contributed by atoms with E-state index in [1.807, 2.05) is 18.2 Å². The van der Waals surface area contributed by atoms with Crippen LogP contribution in [0.1, 0.15) is 44.7 Å². The first-order valence-corrected chi connectivity index (χ1v) is 6.83. The van der Waals surface area contributed by atoms with Crippen molar-refractivity contribution in [1.29, 1.82) is 0 Å². The fourth-order valence-corrected chi connectivity index (χ4v) is 2.17. The van der Waals surface area contributed by atoms with Gasteiger partial charge in [0.25, 0.3) is 0 Å². The van der Waals surface area contributed by atoms with Gasteiger partial charge in [-0.3, -0.25) is 0 Å². The number of amidine groups is 1. The van der Waals surface area contributed by atoms with Crippen molar-refractivity contribution in [2.45, 2.75) is 45.7 Å². The molecule has 0 spiro atoms. The number of oxime groups is 1. The molecule has 4 N–H and O–H groups in total. The molecule has 0 atom stereocenters. The summed E-state index contributed by atoms with van der Waals surface area (Å²) < 4.78 is 5.21. The second-order valence-corrected chi connectivity index (χ2v) is 5.51. The van der Waals surface area contributed by atoms with E-state index in [0.717, 1.165) is 24.9 Å². The molecule has 0 aliphatic carbocycles. The molecule has 0 saturated heterocycles. The number of ether oxygens (including phenoxy) is 1. The zero-order valence-electron chi connectivity index (χ0n) is 12.7. The average molecular weight is 279 g/mol. The molecule has 0 fully saturated rings. The second-order valence-electron chi connectivity index (χ2n) is 5.51. The highest BCUT2D eigenvalue weighted by molar-refractivity contribution is 5.99. The molecule has 20 heavy (non-hydrogen) atoms. The van der Waals surface area contributed by atoms with Crippen LogP contribution in [0.2, 0.25) is 0 Å². The first-order chi connectivity index (χ1) is 9.43. The van der Waals surface area contributed by atoms with Crippen molar-refractivity contribution >= 4 is 5.84 Å². The van der Waals surface area contributed by atoms with E-state index in [-0.39, 0.29) is 11.4 Å². The van der Waals surface area contributed by atoms with E-state index in [4.69, 9.17) is 15.7 Å². The van der Waals surface area contributed by atoms with Crippen LogP contribution in [0.5, 0.6) is 5.75 Å². The maximum absolute atomic E-state index is 8.82. The Bertz CT molecular complexity index is 470. The van der Waals surface area contributed by atoms with Crippen molar-refractivity contribution in [3.05, 3.63) is 29.3 Å². The van der Waals surface area contributed by atoms with E-state index in [2.05, 4.69) is 31.2 Å². The van der Waals surface area contributed by atoms with E-state index >= 15 is 0 Å². The van der Waals surface area contributed by atoms with Crippen LogP contribution in [0.15, 0.2) is 23.4 Å². The summed E-state index contributed by atoms with van der Waals surface area (Å²) >= 11 is 0. The van der Waals surface area contributed by atoms with Gasteiger partial charge < -0.3 is 21.0 Å². The number of hydrogen-bond acceptors (Lipinski definition) is 4. The lowest BCUT2D eigenvalue weighted by Crippen LogP contribution is -2.38. The topological polar surface area (TPSA) is 79.9 Å². The Balaban J connectivity index is 2.87. The minimum Gasteiger partial charge on any atom is -0.496 e. The predicted molar refractivity (Wildman–Crippen MR) is 81.3 cm³/mol. The van der Waals surface area contributed by atoms with Crippen LogP contribution in [0.25, 0.3) is 0 Å². The van der Waals surface area contributed by atoms with Gasteiger partial charge in [-0.05, 0) is 38.0 Å². The lowest BCUT2D eigenvalue weighted by molar-refractivity contribution is 0.318. The third kappa shape index (κ3) is 4.42. The van der Waals surface area contributed by atoms with Gasteiger partial charge in [0.2, 0.25) is 0 Å². The normalized spacial score (nSPS) is 12.5. The first-order valence-electron chi connectivity index (χ1n) is 6.83. The highest BCUT2D eigenvalue weighted by atomic mass is 16.5. The van der Waals surface area contributed by atoms with Crippen molar-refractivity contribution in [1.82, 2.24) is 5.32 Å². The lowest BCUT2D eigenvalue weighted by Gasteiger charge is -2.26. The first kappa shape index (κ1) is 16.3. The van der Waals surface area contributed by atoms with Gasteiger partial charge in [0.05, 0.1) is 12.7 Å². The molecule has 0 unspecified atom stereocenters. The molecule has 0 saturated carbocycles. The molecule has 1 aromatic carbocycles. The summed E-state index contributed by atoms with van der Waals surface area (Å²) in [4.78, 5) is 0. The molecule has 0 amide bonds. The fraction of sp³-hybridized carbons (Fsp3) is 0.533. The third-order valence-corrected chi connectivity index (χ3v) is 3.29. The molecule has 5 heteroatoms. The zero-order chi connectivity index (χ0) is 15.2. The Morgan fingerprint density at radius 2 is 2.15 bits per heavy atom. The van der Waals surface area contributed by atoms with Crippen LogP contribution in [-0.2, 0) is 6.54 Å². The smallest absolute Gasteiger partial charge is 0.173 e. The van der Waals surface area contributed by atoms with E-state index in [9.17, 15) is 0 Å².